The number of carboxylic acid groups (broad SMARTS) is 1. The van der Waals surface area contributed by atoms with Gasteiger partial charge >= 0.3 is 5.97 Å². The number of carbonyl (C=O) groups is 2. The van der Waals surface area contributed by atoms with Crippen molar-refractivity contribution in [3.63, 3.8) is 0 Å². The van der Waals surface area contributed by atoms with E-state index in [0.29, 0.717) is 0 Å². The van der Waals surface area contributed by atoms with Crippen molar-refractivity contribution in [1.82, 2.24) is 4.90 Å². The SMILES string of the molecule is Cc1cccc(C=CC(=O)N(CCC(=O)O)Cc2cccc(F)c2F)c1. The number of aryl methyl sites for hydroxylation is 1. The first kappa shape index (κ1) is 19.3. The number of benzene rings is 2. The Morgan fingerprint density at radius 2 is 1.88 bits per heavy atom. The van der Waals surface area contributed by atoms with Gasteiger partial charge in [0.25, 0.3) is 0 Å². The van der Waals surface area contributed by atoms with E-state index < -0.39 is 23.5 Å². The number of halogens is 2. The van der Waals surface area contributed by atoms with Gasteiger partial charge in [-0.15, -0.1) is 0 Å². The zero-order valence-corrected chi connectivity index (χ0v) is 14.3. The molecule has 1 amide bonds. The Kier molecular flexibility index (Phi) is 6.60. The lowest BCUT2D eigenvalue weighted by molar-refractivity contribution is -0.138. The molecule has 0 aromatic heterocycles. The lowest BCUT2D eigenvalue weighted by atomic mass is 10.1. The smallest absolute Gasteiger partial charge is 0.305 e. The van der Waals surface area contributed by atoms with Crippen LogP contribution in [0, 0.1) is 18.6 Å². The van der Waals surface area contributed by atoms with E-state index in [0.717, 1.165) is 17.2 Å². The van der Waals surface area contributed by atoms with Crippen LogP contribution in [0.25, 0.3) is 6.08 Å². The summed E-state index contributed by atoms with van der Waals surface area (Å²) in [4.78, 5) is 24.5. The Labute approximate surface area is 150 Å². The lowest BCUT2D eigenvalue weighted by Crippen LogP contribution is -2.31. The molecule has 0 radical (unpaired) electrons. The van der Waals surface area contributed by atoms with E-state index in [1.54, 1.807) is 6.08 Å². The number of carbonyl (C=O) groups excluding carboxylic acids is 1. The van der Waals surface area contributed by atoms with E-state index in [1.807, 2.05) is 31.2 Å². The minimum atomic E-state index is -1.08. The van der Waals surface area contributed by atoms with Crippen molar-refractivity contribution in [2.75, 3.05) is 6.54 Å². The summed E-state index contributed by atoms with van der Waals surface area (Å²) in [6, 6.07) is 11.2. The summed E-state index contributed by atoms with van der Waals surface area (Å²) in [5, 5.41) is 8.86. The molecule has 2 rings (SSSR count). The van der Waals surface area contributed by atoms with Crippen LogP contribution in [0.5, 0.6) is 0 Å². The molecule has 136 valence electrons. The minimum Gasteiger partial charge on any atom is -0.481 e. The number of aliphatic carboxylic acids is 1. The first-order valence-electron chi connectivity index (χ1n) is 8.05. The fourth-order valence-corrected chi connectivity index (χ4v) is 2.42. The van der Waals surface area contributed by atoms with Gasteiger partial charge in [-0.1, -0.05) is 42.0 Å². The summed E-state index contributed by atoms with van der Waals surface area (Å²) in [5.74, 6) is -3.60. The molecule has 0 spiro atoms. The summed E-state index contributed by atoms with van der Waals surface area (Å²) in [6.07, 6.45) is 2.61. The van der Waals surface area contributed by atoms with Crippen molar-refractivity contribution < 1.29 is 23.5 Å². The summed E-state index contributed by atoms with van der Waals surface area (Å²) in [7, 11) is 0. The second-order valence-electron chi connectivity index (χ2n) is 5.86. The second kappa shape index (κ2) is 8.89. The maximum atomic E-state index is 13.9. The number of amides is 1. The molecule has 0 aliphatic rings. The molecule has 0 heterocycles. The van der Waals surface area contributed by atoms with Crippen LogP contribution in [0.2, 0.25) is 0 Å². The fraction of sp³-hybridized carbons (Fsp3) is 0.200. The van der Waals surface area contributed by atoms with Crippen molar-refractivity contribution in [2.45, 2.75) is 19.9 Å². The molecule has 26 heavy (non-hydrogen) atoms. The quantitative estimate of drug-likeness (QED) is 0.765. The Hall–Kier alpha value is -3.02. The molecule has 0 saturated carbocycles. The summed E-state index contributed by atoms with van der Waals surface area (Å²) >= 11 is 0. The highest BCUT2D eigenvalue weighted by molar-refractivity contribution is 5.92. The van der Waals surface area contributed by atoms with Gasteiger partial charge in [0.2, 0.25) is 5.91 Å². The standard InChI is InChI=1S/C20H19F2NO3/c1-14-4-2-5-15(12-14)8-9-18(24)23(11-10-19(25)26)13-16-6-3-7-17(21)20(16)22/h2-9,12H,10-11,13H2,1H3,(H,25,26). The lowest BCUT2D eigenvalue weighted by Gasteiger charge is -2.21. The Balaban J connectivity index is 2.18. The Morgan fingerprint density at radius 1 is 1.15 bits per heavy atom. The van der Waals surface area contributed by atoms with Crippen LogP contribution in [-0.2, 0) is 16.1 Å². The largest absolute Gasteiger partial charge is 0.481 e. The van der Waals surface area contributed by atoms with Gasteiger partial charge in [0.15, 0.2) is 11.6 Å². The molecule has 2 aromatic rings. The Morgan fingerprint density at radius 3 is 2.58 bits per heavy atom. The van der Waals surface area contributed by atoms with Crippen molar-refractivity contribution in [1.29, 1.82) is 0 Å². The van der Waals surface area contributed by atoms with Gasteiger partial charge in [-0.25, -0.2) is 8.78 Å². The van der Waals surface area contributed by atoms with Gasteiger partial charge < -0.3 is 10.0 Å². The Bertz CT molecular complexity index is 834. The minimum absolute atomic E-state index is 0.00676. The zero-order valence-electron chi connectivity index (χ0n) is 14.3. The third kappa shape index (κ3) is 5.51. The highest BCUT2D eigenvalue weighted by atomic mass is 19.2. The highest BCUT2D eigenvalue weighted by Crippen LogP contribution is 2.15. The van der Waals surface area contributed by atoms with Gasteiger partial charge in [0, 0.05) is 24.7 Å². The monoisotopic (exact) mass is 359 g/mol. The number of rotatable bonds is 7. The van der Waals surface area contributed by atoms with Gasteiger partial charge in [0.05, 0.1) is 6.42 Å². The van der Waals surface area contributed by atoms with E-state index in [1.165, 1.54) is 23.1 Å². The molecule has 4 nitrogen and oxygen atoms in total. The van der Waals surface area contributed by atoms with Crippen LogP contribution < -0.4 is 0 Å². The van der Waals surface area contributed by atoms with Crippen LogP contribution in [0.3, 0.4) is 0 Å². The molecule has 0 atom stereocenters. The molecule has 1 N–H and O–H groups in total. The number of hydrogen-bond donors (Lipinski definition) is 1. The van der Waals surface area contributed by atoms with Crippen LogP contribution in [0.4, 0.5) is 8.78 Å². The van der Waals surface area contributed by atoms with Crippen LogP contribution in [0.1, 0.15) is 23.1 Å². The maximum Gasteiger partial charge on any atom is 0.305 e. The molecule has 0 aliphatic carbocycles. The van der Waals surface area contributed by atoms with Crippen LogP contribution in [-0.4, -0.2) is 28.4 Å². The topological polar surface area (TPSA) is 57.6 Å². The third-order valence-corrected chi connectivity index (χ3v) is 3.76. The van der Waals surface area contributed by atoms with Crippen LogP contribution >= 0.6 is 0 Å². The molecule has 2 aromatic carbocycles. The summed E-state index contributed by atoms with van der Waals surface area (Å²) in [5.41, 5.74) is 1.84. The van der Waals surface area contributed by atoms with E-state index in [2.05, 4.69) is 0 Å². The number of hydrogen-bond acceptors (Lipinski definition) is 2. The second-order valence-corrected chi connectivity index (χ2v) is 5.86. The zero-order chi connectivity index (χ0) is 19.1. The summed E-state index contributed by atoms with van der Waals surface area (Å²) < 4.78 is 27.2. The van der Waals surface area contributed by atoms with Crippen molar-refractivity contribution in [3.05, 3.63) is 76.9 Å². The summed E-state index contributed by atoms with van der Waals surface area (Å²) in [6.45, 7) is 1.60. The first-order chi connectivity index (χ1) is 12.4. The van der Waals surface area contributed by atoms with Crippen molar-refractivity contribution in [2.24, 2.45) is 0 Å². The van der Waals surface area contributed by atoms with E-state index >= 15 is 0 Å². The van der Waals surface area contributed by atoms with E-state index in [-0.39, 0.29) is 25.1 Å². The third-order valence-electron chi connectivity index (χ3n) is 3.76. The molecular formula is C20H19F2NO3. The normalized spacial score (nSPS) is 10.9. The molecular weight excluding hydrogens is 340 g/mol. The fourth-order valence-electron chi connectivity index (χ4n) is 2.42. The van der Waals surface area contributed by atoms with Gasteiger partial charge in [-0.3, -0.25) is 9.59 Å². The predicted octanol–water partition coefficient (Wildman–Crippen LogP) is 3.79. The van der Waals surface area contributed by atoms with Crippen molar-refractivity contribution in [3.8, 4) is 0 Å². The molecule has 0 bridgehead atoms. The first-order valence-corrected chi connectivity index (χ1v) is 8.05. The predicted molar refractivity (Wildman–Crippen MR) is 94.2 cm³/mol. The molecule has 6 heteroatoms. The maximum absolute atomic E-state index is 13.9. The van der Waals surface area contributed by atoms with Gasteiger partial charge in [0.1, 0.15) is 0 Å². The molecule has 0 fully saturated rings. The highest BCUT2D eigenvalue weighted by Gasteiger charge is 2.16. The average molecular weight is 359 g/mol. The number of nitrogens with zero attached hydrogens (tertiary/aromatic N) is 1. The molecule has 0 aliphatic heterocycles. The number of carboxylic acids is 1. The molecule has 0 unspecified atom stereocenters. The molecule has 0 saturated heterocycles. The van der Waals surface area contributed by atoms with E-state index in [9.17, 15) is 18.4 Å². The van der Waals surface area contributed by atoms with Crippen LogP contribution in [0.15, 0.2) is 48.5 Å². The average Bonchev–Trinajstić information content (AvgIpc) is 2.60. The van der Waals surface area contributed by atoms with Crippen molar-refractivity contribution >= 4 is 18.0 Å². The van der Waals surface area contributed by atoms with Gasteiger partial charge in [-0.05, 0) is 24.6 Å². The van der Waals surface area contributed by atoms with Gasteiger partial charge in [-0.2, -0.15) is 0 Å². The van der Waals surface area contributed by atoms with E-state index in [4.69, 9.17) is 5.11 Å².